The summed E-state index contributed by atoms with van der Waals surface area (Å²) in [6.07, 6.45) is 3.79. The van der Waals surface area contributed by atoms with E-state index in [-0.39, 0.29) is 0 Å². The van der Waals surface area contributed by atoms with E-state index in [2.05, 4.69) is 28.2 Å². The second-order valence-corrected chi connectivity index (χ2v) is 9.24. The summed E-state index contributed by atoms with van der Waals surface area (Å²) in [6.45, 7) is 5.93. The predicted molar refractivity (Wildman–Crippen MR) is 140 cm³/mol. The number of rotatable bonds is 8. The van der Waals surface area contributed by atoms with Crippen molar-refractivity contribution in [2.45, 2.75) is 19.8 Å². The molecule has 0 bridgehead atoms. The van der Waals surface area contributed by atoms with Crippen molar-refractivity contribution >= 4 is 45.5 Å². The van der Waals surface area contributed by atoms with Crippen molar-refractivity contribution in [3.8, 4) is 23.3 Å². The Morgan fingerprint density at radius 1 is 1.09 bits per heavy atom. The van der Waals surface area contributed by atoms with Crippen LogP contribution in [0.3, 0.4) is 0 Å². The van der Waals surface area contributed by atoms with E-state index >= 15 is 0 Å². The first-order chi connectivity index (χ1) is 17.0. The molecule has 0 unspecified atom stereocenters. The minimum atomic E-state index is 0.341. The fourth-order valence-corrected chi connectivity index (χ4v) is 4.86. The summed E-state index contributed by atoms with van der Waals surface area (Å²) >= 11 is 12.6. The normalized spacial score (nSPS) is 14.5. The number of nitrogens with one attached hydrogen (secondary N) is 1. The van der Waals surface area contributed by atoms with Gasteiger partial charge in [-0.1, -0.05) is 30.1 Å². The molecule has 2 heterocycles. The summed E-state index contributed by atoms with van der Waals surface area (Å²) in [7, 11) is 3.11. The molecule has 1 saturated heterocycles. The molecular formula is C26H28Cl2N4O3. The molecule has 4 rings (SSSR count). The molecule has 3 aromatic rings. The molecule has 0 spiro atoms. The van der Waals surface area contributed by atoms with Crippen molar-refractivity contribution in [1.29, 1.82) is 5.26 Å². The van der Waals surface area contributed by atoms with Crippen molar-refractivity contribution in [3.63, 3.8) is 0 Å². The standard InChI is InChI=1S/C26H28Cl2N4O3/c1-4-32-9-6-16(7-10-32)15-35-26-18(14-29)25-17(11-24(26)34-3)21(5-8-30-25)31-22-13-23(33-2)20(28)12-19(22)27/h5,8,11-13,16H,4,6-7,9-10,15H2,1-3H3,(H,30,31). The minimum absolute atomic E-state index is 0.341. The van der Waals surface area contributed by atoms with E-state index in [1.165, 1.54) is 0 Å². The number of hydrogen-bond donors (Lipinski definition) is 1. The lowest BCUT2D eigenvalue weighted by Crippen LogP contribution is -2.35. The van der Waals surface area contributed by atoms with Crippen LogP contribution >= 0.6 is 23.2 Å². The molecule has 2 aromatic carbocycles. The van der Waals surface area contributed by atoms with Crippen molar-refractivity contribution in [3.05, 3.63) is 46.1 Å². The van der Waals surface area contributed by atoms with Crippen LogP contribution < -0.4 is 19.5 Å². The van der Waals surface area contributed by atoms with E-state index in [4.69, 9.17) is 37.4 Å². The Morgan fingerprint density at radius 2 is 1.83 bits per heavy atom. The fourth-order valence-electron chi connectivity index (χ4n) is 4.35. The Morgan fingerprint density at radius 3 is 2.49 bits per heavy atom. The zero-order valence-corrected chi connectivity index (χ0v) is 21.5. The van der Waals surface area contributed by atoms with E-state index in [0.29, 0.717) is 67.7 Å². The number of nitrogens with zero attached hydrogens (tertiary/aromatic N) is 3. The van der Waals surface area contributed by atoms with Crippen molar-refractivity contribution in [1.82, 2.24) is 9.88 Å². The Kier molecular flexibility index (Phi) is 8.07. The third kappa shape index (κ3) is 5.35. The molecule has 7 nitrogen and oxygen atoms in total. The maximum absolute atomic E-state index is 10.1. The van der Waals surface area contributed by atoms with Crippen LogP contribution in [0.15, 0.2) is 30.5 Å². The van der Waals surface area contributed by atoms with Gasteiger partial charge in [-0.05, 0) is 56.6 Å². The van der Waals surface area contributed by atoms with Crippen molar-refractivity contribution in [2.24, 2.45) is 5.92 Å². The largest absolute Gasteiger partial charge is 0.495 e. The first kappa shape index (κ1) is 25.2. The average molecular weight is 515 g/mol. The number of nitriles is 1. The van der Waals surface area contributed by atoms with Gasteiger partial charge in [0.2, 0.25) is 0 Å². The Labute approximate surface area is 215 Å². The Hall–Kier alpha value is -2.92. The summed E-state index contributed by atoms with van der Waals surface area (Å²) in [5.74, 6) is 1.84. The number of ether oxygens (including phenoxy) is 3. The maximum Gasteiger partial charge on any atom is 0.181 e. The van der Waals surface area contributed by atoms with Gasteiger partial charge in [-0.25, -0.2) is 0 Å². The second kappa shape index (κ2) is 11.2. The van der Waals surface area contributed by atoms with Gasteiger partial charge in [-0.15, -0.1) is 0 Å². The van der Waals surface area contributed by atoms with Gasteiger partial charge in [0.15, 0.2) is 11.5 Å². The third-order valence-corrected chi connectivity index (χ3v) is 7.02. The summed E-state index contributed by atoms with van der Waals surface area (Å²) in [5.41, 5.74) is 2.17. The van der Waals surface area contributed by atoms with Crippen LogP contribution in [0.1, 0.15) is 25.3 Å². The van der Waals surface area contributed by atoms with Gasteiger partial charge in [0, 0.05) is 23.3 Å². The summed E-state index contributed by atoms with van der Waals surface area (Å²) in [4.78, 5) is 6.93. The predicted octanol–water partition coefficient (Wildman–Crippen LogP) is 6.28. The highest BCUT2D eigenvalue weighted by molar-refractivity contribution is 6.37. The molecule has 1 fully saturated rings. The molecule has 0 aliphatic carbocycles. The molecular weight excluding hydrogens is 487 g/mol. The molecule has 0 amide bonds. The zero-order valence-electron chi connectivity index (χ0n) is 20.0. The Balaban J connectivity index is 1.67. The van der Waals surface area contributed by atoms with Gasteiger partial charge in [-0.2, -0.15) is 5.26 Å². The average Bonchev–Trinajstić information content (AvgIpc) is 2.88. The quantitative estimate of drug-likeness (QED) is 0.378. The lowest BCUT2D eigenvalue weighted by atomic mass is 9.98. The lowest BCUT2D eigenvalue weighted by Gasteiger charge is -2.31. The monoisotopic (exact) mass is 514 g/mol. The summed E-state index contributed by atoms with van der Waals surface area (Å²) in [5, 5.41) is 14.9. The van der Waals surface area contributed by atoms with Crippen LogP contribution in [0.2, 0.25) is 10.0 Å². The van der Waals surface area contributed by atoms with Crippen molar-refractivity contribution < 1.29 is 14.2 Å². The number of hydrogen-bond acceptors (Lipinski definition) is 7. The van der Waals surface area contributed by atoms with Crippen LogP contribution in [0.4, 0.5) is 11.4 Å². The van der Waals surface area contributed by atoms with E-state index in [1.807, 2.05) is 12.1 Å². The first-order valence-corrected chi connectivity index (χ1v) is 12.3. The highest BCUT2D eigenvalue weighted by Crippen LogP contribution is 2.41. The molecule has 1 aliphatic heterocycles. The molecule has 1 aromatic heterocycles. The van der Waals surface area contributed by atoms with Gasteiger partial charge in [0.05, 0.1) is 42.1 Å². The van der Waals surface area contributed by atoms with Gasteiger partial charge in [0.25, 0.3) is 0 Å². The van der Waals surface area contributed by atoms with Gasteiger partial charge < -0.3 is 24.4 Å². The molecule has 1 N–H and O–H groups in total. The van der Waals surface area contributed by atoms with E-state index < -0.39 is 0 Å². The SMILES string of the molecule is CCN1CCC(COc2c(OC)cc3c(Nc4cc(OC)c(Cl)cc4Cl)ccnc3c2C#N)CC1. The lowest BCUT2D eigenvalue weighted by molar-refractivity contribution is 0.143. The highest BCUT2D eigenvalue weighted by atomic mass is 35.5. The number of benzene rings is 2. The maximum atomic E-state index is 10.1. The van der Waals surface area contributed by atoms with Crippen LogP contribution in [0.25, 0.3) is 10.9 Å². The molecule has 9 heteroatoms. The van der Waals surface area contributed by atoms with Crippen LogP contribution in [0.5, 0.6) is 17.2 Å². The zero-order chi connectivity index (χ0) is 24.9. The summed E-state index contributed by atoms with van der Waals surface area (Å²) in [6, 6.07) is 9.26. The van der Waals surface area contributed by atoms with E-state index in [0.717, 1.165) is 32.5 Å². The highest BCUT2D eigenvalue weighted by Gasteiger charge is 2.23. The van der Waals surface area contributed by atoms with Gasteiger partial charge >= 0.3 is 0 Å². The Bertz CT molecular complexity index is 1250. The molecule has 35 heavy (non-hydrogen) atoms. The summed E-state index contributed by atoms with van der Waals surface area (Å²) < 4.78 is 17.2. The van der Waals surface area contributed by atoms with Crippen LogP contribution in [-0.4, -0.2) is 50.3 Å². The molecule has 0 saturated carbocycles. The van der Waals surface area contributed by atoms with Crippen molar-refractivity contribution in [2.75, 3.05) is 45.8 Å². The number of fused-ring (bicyclic) bond motifs is 1. The van der Waals surface area contributed by atoms with E-state index in [1.54, 1.807) is 32.5 Å². The number of methoxy groups -OCH3 is 2. The van der Waals surface area contributed by atoms with Crippen LogP contribution in [-0.2, 0) is 0 Å². The number of pyridine rings is 1. The topological polar surface area (TPSA) is 79.6 Å². The molecule has 0 radical (unpaired) electrons. The number of piperidine rings is 1. The van der Waals surface area contributed by atoms with E-state index in [9.17, 15) is 5.26 Å². The third-order valence-electron chi connectivity index (χ3n) is 6.41. The second-order valence-electron chi connectivity index (χ2n) is 8.43. The number of likely N-dealkylation sites (tertiary alicyclic amines) is 1. The van der Waals surface area contributed by atoms with Gasteiger partial charge in [0.1, 0.15) is 17.4 Å². The molecule has 0 atom stereocenters. The number of halogens is 2. The number of anilines is 2. The smallest absolute Gasteiger partial charge is 0.181 e. The fraction of sp³-hybridized carbons (Fsp3) is 0.385. The van der Waals surface area contributed by atoms with Gasteiger partial charge in [-0.3, -0.25) is 4.98 Å². The molecule has 184 valence electrons. The number of aromatic nitrogens is 1. The minimum Gasteiger partial charge on any atom is -0.495 e. The van der Waals surface area contributed by atoms with Crippen LogP contribution in [0, 0.1) is 17.2 Å². The molecule has 1 aliphatic rings. The first-order valence-electron chi connectivity index (χ1n) is 11.5.